The van der Waals surface area contributed by atoms with E-state index in [-0.39, 0.29) is 11.3 Å². The number of alkyl halides is 3. The van der Waals surface area contributed by atoms with Gasteiger partial charge in [-0.3, -0.25) is 0 Å². The fraction of sp³-hybridized carbons (Fsp3) is 0.200. The summed E-state index contributed by atoms with van der Waals surface area (Å²) >= 11 is 0. The molecule has 0 heterocycles. The second-order valence-electron chi connectivity index (χ2n) is 3.19. The van der Waals surface area contributed by atoms with Crippen LogP contribution >= 0.6 is 0 Å². The highest BCUT2D eigenvalue weighted by Crippen LogP contribution is 2.29. The second-order valence-corrected chi connectivity index (χ2v) is 3.19. The van der Waals surface area contributed by atoms with Crippen LogP contribution in [0.5, 0.6) is 0 Å². The molecule has 0 saturated carbocycles. The van der Waals surface area contributed by atoms with E-state index in [0.717, 1.165) is 12.1 Å². The lowest BCUT2D eigenvalue weighted by atomic mass is 10.1. The molecule has 0 atom stereocenters. The van der Waals surface area contributed by atoms with Gasteiger partial charge in [0.1, 0.15) is 0 Å². The Kier molecular flexibility index (Phi) is 3.72. The van der Waals surface area contributed by atoms with Gasteiger partial charge in [0.15, 0.2) is 0 Å². The van der Waals surface area contributed by atoms with E-state index in [1.165, 1.54) is 19.1 Å². The molecule has 7 heteroatoms. The molecule has 17 heavy (non-hydrogen) atoms. The molecule has 0 fully saturated rings. The summed E-state index contributed by atoms with van der Waals surface area (Å²) in [7, 11) is 0. The highest BCUT2D eigenvalue weighted by Gasteiger charge is 2.30. The maximum Gasteiger partial charge on any atom is 0.425 e. The van der Waals surface area contributed by atoms with Crippen molar-refractivity contribution in [3.05, 3.63) is 35.4 Å². The van der Waals surface area contributed by atoms with Gasteiger partial charge < -0.3 is 5.11 Å². The summed E-state index contributed by atoms with van der Waals surface area (Å²) in [5.74, 6) is 0. The molecule has 1 rings (SSSR count). The predicted molar refractivity (Wildman–Crippen MR) is 54.8 cm³/mol. The van der Waals surface area contributed by atoms with Crippen LogP contribution in [0.2, 0.25) is 0 Å². The van der Waals surface area contributed by atoms with Crippen LogP contribution < -0.4 is 5.43 Å². The number of nitrogens with one attached hydrogen (secondary N) is 1. The standard InChI is InChI=1S/C10H9F3N2O2/c1-6(14-15-9(16)17)7-3-2-4-8(5-7)10(11,12)13/h2-5,15H,1H3,(H,16,17)/b14-6-. The molecular formula is C10H9F3N2O2. The Morgan fingerprint density at radius 1 is 1.41 bits per heavy atom. The van der Waals surface area contributed by atoms with Crippen LogP contribution in [0, 0.1) is 0 Å². The minimum absolute atomic E-state index is 0.151. The molecule has 2 N–H and O–H groups in total. The number of carbonyl (C=O) groups is 1. The fourth-order valence-electron chi connectivity index (χ4n) is 1.12. The molecule has 0 unspecified atom stereocenters. The Morgan fingerprint density at radius 3 is 2.59 bits per heavy atom. The molecule has 1 aromatic carbocycles. The molecule has 1 aromatic rings. The van der Waals surface area contributed by atoms with E-state index in [1.54, 1.807) is 5.43 Å². The van der Waals surface area contributed by atoms with Gasteiger partial charge in [-0.2, -0.15) is 18.3 Å². The number of carboxylic acid groups (broad SMARTS) is 1. The monoisotopic (exact) mass is 246 g/mol. The molecule has 0 aliphatic carbocycles. The van der Waals surface area contributed by atoms with Crippen LogP contribution in [-0.4, -0.2) is 16.9 Å². The maximum absolute atomic E-state index is 12.4. The first-order chi connectivity index (χ1) is 7.80. The molecule has 4 nitrogen and oxygen atoms in total. The first-order valence-corrected chi connectivity index (χ1v) is 4.51. The van der Waals surface area contributed by atoms with Gasteiger partial charge in [-0.1, -0.05) is 12.1 Å². The number of hydrazone groups is 1. The van der Waals surface area contributed by atoms with Gasteiger partial charge in [0.2, 0.25) is 0 Å². The SMILES string of the molecule is C/C(=N/NC(=O)O)c1cccc(C(F)(F)F)c1. The van der Waals surface area contributed by atoms with E-state index < -0.39 is 17.8 Å². The van der Waals surface area contributed by atoms with Crippen molar-refractivity contribution in [3.8, 4) is 0 Å². The fourth-order valence-corrected chi connectivity index (χ4v) is 1.12. The van der Waals surface area contributed by atoms with E-state index in [0.29, 0.717) is 0 Å². The Labute approximate surface area is 94.8 Å². The van der Waals surface area contributed by atoms with Gasteiger partial charge in [0.05, 0.1) is 11.3 Å². The van der Waals surface area contributed by atoms with Gasteiger partial charge in [0.25, 0.3) is 0 Å². The normalized spacial score (nSPS) is 12.4. The van der Waals surface area contributed by atoms with Crippen LogP contribution in [0.3, 0.4) is 0 Å². The van der Waals surface area contributed by atoms with E-state index in [9.17, 15) is 18.0 Å². The average Bonchev–Trinajstić information content (AvgIpc) is 2.25. The summed E-state index contributed by atoms with van der Waals surface area (Å²) in [4.78, 5) is 10.2. The van der Waals surface area contributed by atoms with Crippen molar-refractivity contribution in [2.75, 3.05) is 0 Å². The van der Waals surface area contributed by atoms with Gasteiger partial charge >= 0.3 is 12.3 Å². The molecule has 0 aromatic heterocycles. The van der Waals surface area contributed by atoms with Crippen molar-refractivity contribution < 1.29 is 23.1 Å². The molecule has 0 saturated heterocycles. The summed E-state index contributed by atoms with van der Waals surface area (Å²) in [6.45, 7) is 1.41. The number of hydrogen-bond donors (Lipinski definition) is 2. The first kappa shape index (κ1) is 13.0. The molecule has 0 spiro atoms. The van der Waals surface area contributed by atoms with Crippen LogP contribution in [0.15, 0.2) is 29.4 Å². The number of nitrogens with zero attached hydrogens (tertiary/aromatic N) is 1. The van der Waals surface area contributed by atoms with Gasteiger partial charge in [-0.25, -0.2) is 10.2 Å². The maximum atomic E-state index is 12.4. The Hall–Kier alpha value is -2.05. The summed E-state index contributed by atoms with van der Waals surface area (Å²) in [5.41, 5.74) is 1.27. The quantitative estimate of drug-likeness (QED) is 0.622. The van der Waals surface area contributed by atoms with Crippen molar-refractivity contribution in [2.45, 2.75) is 13.1 Å². The number of hydrogen-bond acceptors (Lipinski definition) is 2. The summed E-state index contributed by atoms with van der Waals surface area (Å²) in [5, 5.41) is 11.7. The lowest BCUT2D eigenvalue weighted by molar-refractivity contribution is -0.137. The molecule has 0 aliphatic rings. The summed E-state index contributed by atoms with van der Waals surface area (Å²) in [6.07, 6.45) is -5.81. The predicted octanol–water partition coefficient (Wildman–Crippen LogP) is 2.70. The third kappa shape index (κ3) is 3.78. The zero-order valence-corrected chi connectivity index (χ0v) is 8.75. The average molecular weight is 246 g/mol. The zero-order chi connectivity index (χ0) is 13.1. The number of halogens is 3. The summed E-state index contributed by atoms with van der Waals surface area (Å²) in [6, 6.07) is 4.49. The molecule has 0 bridgehead atoms. The second kappa shape index (κ2) is 4.86. The zero-order valence-electron chi connectivity index (χ0n) is 8.75. The number of benzene rings is 1. The van der Waals surface area contributed by atoms with Gasteiger partial charge in [-0.15, -0.1) is 0 Å². The van der Waals surface area contributed by atoms with Crippen LogP contribution in [0.4, 0.5) is 18.0 Å². The van der Waals surface area contributed by atoms with Crippen LogP contribution in [-0.2, 0) is 6.18 Å². The first-order valence-electron chi connectivity index (χ1n) is 4.51. The third-order valence-corrected chi connectivity index (χ3v) is 1.93. The minimum Gasteiger partial charge on any atom is -0.464 e. The third-order valence-electron chi connectivity index (χ3n) is 1.93. The lowest BCUT2D eigenvalue weighted by Crippen LogP contribution is -2.16. The highest BCUT2D eigenvalue weighted by atomic mass is 19.4. The Morgan fingerprint density at radius 2 is 2.06 bits per heavy atom. The van der Waals surface area contributed by atoms with Crippen LogP contribution in [0.25, 0.3) is 0 Å². The van der Waals surface area contributed by atoms with Gasteiger partial charge in [0, 0.05) is 0 Å². The largest absolute Gasteiger partial charge is 0.464 e. The molecule has 0 aliphatic heterocycles. The van der Waals surface area contributed by atoms with Crippen molar-refractivity contribution in [1.29, 1.82) is 0 Å². The summed E-state index contributed by atoms with van der Waals surface area (Å²) < 4.78 is 37.2. The van der Waals surface area contributed by atoms with Gasteiger partial charge in [-0.05, 0) is 24.6 Å². The Bertz CT molecular complexity index is 455. The molecule has 1 amide bonds. The van der Waals surface area contributed by atoms with E-state index in [2.05, 4.69) is 5.10 Å². The van der Waals surface area contributed by atoms with Crippen molar-refractivity contribution in [1.82, 2.24) is 5.43 Å². The van der Waals surface area contributed by atoms with Crippen molar-refractivity contribution in [3.63, 3.8) is 0 Å². The molecule has 0 radical (unpaired) electrons. The topological polar surface area (TPSA) is 61.7 Å². The number of rotatable bonds is 2. The smallest absolute Gasteiger partial charge is 0.425 e. The van der Waals surface area contributed by atoms with E-state index in [4.69, 9.17) is 5.11 Å². The number of amides is 1. The van der Waals surface area contributed by atoms with Crippen molar-refractivity contribution >= 4 is 11.8 Å². The Balaban J connectivity index is 3.00. The van der Waals surface area contributed by atoms with Crippen molar-refractivity contribution in [2.24, 2.45) is 5.10 Å². The van der Waals surface area contributed by atoms with Crippen LogP contribution in [0.1, 0.15) is 18.1 Å². The lowest BCUT2D eigenvalue weighted by Gasteiger charge is -2.08. The molecular weight excluding hydrogens is 237 g/mol. The van der Waals surface area contributed by atoms with E-state index in [1.807, 2.05) is 0 Å². The van der Waals surface area contributed by atoms with E-state index >= 15 is 0 Å². The molecule has 92 valence electrons. The highest BCUT2D eigenvalue weighted by molar-refractivity contribution is 5.99. The minimum atomic E-state index is -4.43.